The molecule has 118 valence electrons. The summed E-state index contributed by atoms with van der Waals surface area (Å²) >= 11 is 0. The van der Waals surface area contributed by atoms with E-state index in [1.165, 1.54) is 23.3 Å². The first-order valence-corrected chi connectivity index (χ1v) is 7.59. The fraction of sp³-hybridized carbons (Fsp3) is 0.562. The van der Waals surface area contributed by atoms with E-state index in [4.69, 9.17) is 4.74 Å². The zero-order valence-corrected chi connectivity index (χ0v) is 13.5. The molecule has 0 unspecified atom stereocenters. The number of ether oxygens (including phenoxy) is 1. The minimum Gasteiger partial charge on any atom is -0.444 e. The average molecular weight is 302 g/mol. The maximum atomic E-state index is 12.0. The molecule has 2 aromatic heterocycles. The number of aromatic nitrogens is 3. The Labute approximate surface area is 130 Å². The van der Waals surface area contributed by atoms with Gasteiger partial charge in [0.25, 0.3) is 0 Å². The second kappa shape index (κ2) is 5.26. The highest BCUT2D eigenvalue weighted by Crippen LogP contribution is 2.39. The van der Waals surface area contributed by atoms with Crippen LogP contribution in [0.25, 0.3) is 5.78 Å². The van der Waals surface area contributed by atoms with Crippen molar-refractivity contribution >= 4 is 11.9 Å². The predicted octanol–water partition coefficient (Wildman–Crippen LogP) is 2.97. The van der Waals surface area contributed by atoms with Crippen molar-refractivity contribution in [3.05, 3.63) is 29.8 Å². The Morgan fingerprint density at radius 1 is 1.41 bits per heavy atom. The van der Waals surface area contributed by atoms with Crippen LogP contribution in [-0.4, -0.2) is 38.0 Å². The quantitative estimate of drug-likeness (QED) is 0.874. The van der Waals surface area contributed by atoms with Crippen molar-refractivity contribution in [3.8, 4) is 0 Å². The van der Waals surface area contributed by atoms with Gasteiger partial charge in [0.1, 0.15) is 5.60 Å². The lowest BCUT2D eigenvalue weighted by Gasteiger charge is -2.24. The van der Waals surface area contributed by atoms with Gasteiger partial charge >= 0.3 is 6.09 Å². The van der Waals surface area contributed by atoms with Gasteiger partial charge in [0, 0.05) is 25.6 Å². The molecule has 1 saturated carbocycles. The summed E-state index contributed by atoms with van der Waals surface area (Å²) in [5.74, 6) is 1.32. The molecule has 1 fully saturated rings. The van der Waals surface area contributed by atoms with Gasteiger partial charge in [-0.1, -0.05) is 0 Å². The van der Waals surface area contributed by atoms with Gasteiger partial charge in [0.05, 0.1) is 12.2 Å². The molecule has 0 N–H and O–H groups in total. The lowest BCUT2D eigenvalue weighted by atomic mass is 10.2. The number of rotatable bonds is 3. The standard InChI is InChI=1S/C16H22N4O2/c1-16(2,3)22-15(21)19(4)9-13-10-20-8-12(11-5-6-11)7-17-14(20)18-13/h7-8,10-11H,5-6,9H2,1-4H3. The average Bonchev–Trinajstić information content (AvgIpc) is 3.17. The van der Waals surface area contributed by atoms with E-state index in [-0.39, 0.29) is 6.09 Å². The van der Waals surface area contributed by atoms with Gasteiger partial charge in [0.15, 0.2) is 0 Å². The smallest absolute Gasteiger partial charge is 0.410 e. The fourth-order valence-corrected chi connectivity index (χ4v) is 2.30. The summed E-state index contributed by atoms with van der Waals surface area (Å²) in [5, 5.41) is 0. The van der Waals surface area contributed by atoms with Gasteiger partial charge in [-0.15, -0.1) is 0 Å². The summed E-state index contributed by atoms with van der Waals surface area (Å²) in [6, 6.07) is 0. The maximum Gasteiger partial charge on any atom is 0.410 e. The molecule has 1 amide bonds. The summed E-state index contributed by atoms with van der Waals surface area (Å²) in [6.45, 7) is 5.96. The van der Waals surface area contributed by atoms with Crippen LogP contribution in [0.15, 0.2) is 18.6 Å². The number of hydrogen-bond acceptors (Lipinski definition) is 4. The highest BCUT2D eigenvalue weighted by Gasteiger charge is 2.24. The molecule has 0 radical (unpaired) electrons. The molecule has 1 aliphatic rings. The van der Waals surface area contributed by atoms with E-state index in [1.54, 1.807) is 7.05 Å². The molecule has 0 aromatic carbocycles. The van der Waals surface area contributed by atoms with Gasteiger partial charge in [0.2, 0.25) is 5.78 Å². The van der Waals surface area contributed by atoms with Gasteiger partial charge in [-0.2, -0.15) is 0 Å². The van der Waals surface area contributed by atoms with Crippen molar-refractivity contribution in [2.75, 3.05) is 7.05 Å². The molecule has 3 rings (SSSR count). The zero-order chi connectivity index (χ0) is 15.9. The monoisotopic (exact) mass is 302 g/mol. The summed E-state index contributed by atoms with van der Waals surface area (Å²) in [4.78, 5) is 22.4. The molecule has 0 spiro atoms. The maximum absolute atomic E-state index is 12.0. The first kappa shape index (κ1) is 14.8. The van der Waals surface area contributed by atoms with Crippen molar-refractivity contribution in [1.29, 1.82) is 0 Å². The van der Waals surface area contributed by atoms with Crippen molar-refractivity contribution in [2.24, 2.45) is 0 Å². The van der Waals surface area contributed by atoms with E-state index in [9.17, 15) is 4.79 Å². The highest BCUT2D eigenvalue weighted by atomic mass is 16.6. The topological polar surface area (TPSA) is 59.7 Å². The van der Waals surface area contributed by atoms with Crippen LogP contribution in [0, 0.1) is 0 Å². The van der Waals surface area contributed by atoms with Crippen molar-refractivity contribution in [2.45, 2.75) is 51.7 Å². The molecule has 0 bridgehead atoms. The van der Waals surface area contributed by atoms with E-state index in [2.05, 4.69) is 16.2 Å². The lowest BCUT2D eigenvalue weighted by Crippen LogP contribution is -2.33. The van der Waals surface area contributed by atoms with Crippen molar-refractivity contribution in [3.63, 3.8) is 0 Å². The minimum atomic E-state index is -0.495. The largest absolute Gasteiger partial charge is 0.444 e. The number of imidazole rings is 1. The Kier molecular flexibility index (Phi) is 3.54. The van der Waals surface area contributed by atoms with Crippen molar-refractivity contribution < 1.29 is 9.53 Å². The van der Waals surface area contributed by atoms with E-state index in [1.807, 2.05) is 37.6 Å². The van der Waals surface area contributed by atoms with Gasteiger partial charge in [-0.05, 0) is 45.1 Å². The van der Waals surface area contributed by atoms with E-state index < -0.39 is 5.60 Å². The van der Waals surface area contributed by atoms with E-state index >= 15 is 0 Å². The number of fused-ring (bicyclic) bond motifs is 1. The Morgan fingerprint density at radius 3 is 2.77 bits per heavy atom. The summed E-state index contributed by atoms with van der Waals surface area (Å²) in [6.07, 6.45) is 8.06. The lowest BCUT2D eigenvalue weighted by molar-refractivity contribution is 0.0283. The molecular weight excluding hydrogens is 280 g/mol. The molecular formula is C16H22N4O2. The highest BCUT2D eigenvalue weighted by molar-refractivity contribution is 5.67. The first-order chi connectivity index (χ1) is 10.3. The third-order valence-electron chi connectivity index (χ3n) is 3.53. The van der Waals surface area contributed by atoms with Gasteiger partial charge in [-0.25, -0.2) is 14.8 Å². The Morgan fingerprint density at radius 2 is 2.14 bits per heavy atom. The Bertz CT molecular complexity index is 698. The van der Waals surface area contributed by atoms with Crippen LogP contribution in [0.5, 0.6) is 0 Å². The second-order valence-electron chi connectivity index (χ2n) is 6.94. The zero-order valence-electron chi connectivity index (χ0n) is 13.5. The van der Waals surface area contributed by atoms with E-state index in [0.29, 0.717) is 18.2 Å². The number of carbonyl (C=O) groups excluding carboxylic acids is 1. The second-order valence-corrected chi connectivity index (χ2v) is 6.94. The number of carbonyl (C=O) groups is 1. The van der Waals surface area contributed by atoms with Crippen LogP contribution in [0.4, 0.5) is 4.79 Å². The molecule has 6 heteroatoms. The fourth-order valence-electron chi connectivity index (χ4n) is 2.30. The Hall–Kier alpha value is -2.11. The van der Waals surface area contributed by atoms with Crippen LogP contribution in [0.2, 0.25) is 0 Å². The molecule has 22 heavy (non-hydrogen) atoms. The van der Waals surface area contributed by atoms with Crippen LogP contribution >= 0.6 is 0 Å². The predicted molar refractivity (Wildman–Crippen MR) is 82.7 cm³/mol. The summed E-state index contributed by atoms with van der Waals surface area (Å²) in [5.41, 5.74) is 1.57. The van der Waals surface area contributed by atoms with Gasteiger partial charge in [-0.3, -0.25) is 4.40 Å². The third-order valence-corrected chi connectivity index (χ3v) is 3.53. The first-order valence-electron chi connectivity index (χ1n) is 7.59. The molecule has 2 aromatic rings. The van der Waals surface area contributed by atoms with Crippen LogP contribution in [0.3, 0.4) is 0 Å². The van der Waals surface area contributed by atoms with Crippen molar-refractivity contribution in [1.82, 2.24) is 19.3 Å². The molecule has 0 aliphatic heterocycles. The SMILES string of the molecule is CN(Cc1cn2cc(C3CC3)cnc2n1)C(=O)OC(C)(C)C. The molecule has 0 saturated heterocycles. The third kappa shape index (κ3) is 3.37. The number of hydrogen-bond donors (Lipinski definition) is 0. The molecule has 0 atom stereocenters. The van der Waals surface area contributed by atoms with Crippen LogP contribution in [-0.2, 0) is 11.3 Å². The number of amides is 1. The van der Waals surface area contributed by atoms with Crippen LogP contribution < -0.4 is 0 Å². The van der Waals surface area contributed by atoms with Gasteiger partial charge < -0.3 is 9.64 Å². The molecule has 1 aliphatic carbocycles. The number of nitrogens with zero attached hydrogens (tertiary/aromatic N) is 4. The molecule has 6 nitrogen and oxygen atoms in total. The summed E-state index contributed by atoms with van der Waals surface area (Å²) in [7, 11) is 1.71. The van der Waals surface area contributed by atoms with Crippen LogP contribution in [0.1, 0.15) is 50.8 Å². The minimum absolute atomic E-state index is 0.351. The normalized spacial score (nSPS) is 15.1. The summed E-state index contributed by atoms with van der Waals surface area (Å²) < 4.78 is 7.28. The Balaban J connectivity index is 1.72. The van der Waals surface area contributed by atoms with E-state index in [0.717, 1.165) is 5.69 Å². The molecule has 2 heterocycles.